The van der Waals surface area contributed by atoms with Gasteiger partial charge in [-0.15, -0.1) is 0 Å². The van der Waals surface area contributed by atoms with E-state index in [4.69, 9.17) is 5.41 Å². The molecule has 0 saturated heterocycles. The summed E-state index contributed by atoms with van der Waals surface area (Å²) < 4.78 is 0. The molecule has 3 N–H and O–H groups in total. The van der Waals surface area contributed by atoms with E-state index >= 15 is 0 Å². The lowest BCUT2D eigenvalue weighted by Gasteiger charge is -2.17. The third kappa shape index (κ3) is 3.93. The van der Waals surface area contributed by atoms with Gasteiger partial charge in [0.05, 0.1) is 0 Å². The molecule has 0 bridgehead atoms. The second-order valence-electron chi connectivity index (χ2n) is 7.06. The maximum absolute atomic E-state index is 12.8. The van der Waals surface area contributed by atoms with Gasteiger partial charge in [-0.2, -0.15) is 0 Å². The lowest BCUT2D eigenvalue weighted by molar-refractivity contribution is -0.121. The molecule has 2 aliphatic rings. The Hall–Kier alpha value is -3.09. The van der Waals surface area contributed by atoms with Crippen LogP contribution in [0.4, 0.5) is 4.79 Å². The minimum Gasteiger partial charge on any atom is -0.338 e. The number of amides is 2. The van der Waals surface area contributed by atoms with E-state index in [-0.39, 0.29) is 18.2 Å². The second kappa shape index (κ2) is 8.29. The number of benzene rings is 1. The third-order valence-electron chi connectivity index (χ3n) is 5.10. The van der Waals surface area contributed by atoms with Crippen LogP contribution < -0.4 is 10.6 Å². The maximum Gasteiger partial charge on any atom is 0.315 e. The van der Waals surface area contributed by atoms with Crippen molar-refractivity contribution in [3.63, 3.8) is 0 Å². The van der Waals surface area contributed by atoms with Gasteiger partial charge >= 0.3 is 6.03 Å². The largest absolute Gasteiger partial charge is 0.338 e. The van der Waals surface area contributed by atoms with Gasteiger partial charge in [-0.3, -0.25) is 19.8 Å². The van der Waals surface area contributed by atoms with E-state index in [1.165, 1.54) is 0 Å². The van der Waals surface area contributed by atoms with Crippen molar-refractivity contribution in [3.05, 3.63) is 46.5 Å². The highest BCUT2D eigenvalue weighted by molar-refractivity contribution is 6.66. The summed E-state index contributed by atoms with van der Waals surface area (Å²) in [6.07, 6.45) is 3.34. The quantitative estimate of drug-likeness (QED) is 0.678. The number of Topliss-reactive ketones (excluding diaryl/α,β-unsaturated/α-hetero) is 3. The highest BCUT2D eigenvalue weighted by Crippen LogP contribution is 2.31. The molecule has 146 valence electrons. The Labute approximate surface area is 163 Å². The zero-order valence-electron chi connectivity index (χ0n) is 15.8. The Morgan fingerprint density at radius 2 is 2.04 bits per heavy atom. The van der Waals surface area contributed by atoms with E-state index < -0.39 is 23.2 Å². The number of hydrogen-bond acceptors (Lipinski definition) is 5. The van der Waals surface area contributed by atoms with E-state index in [9.17, 15) is 19.2 Å². The second-order valence-corrected chi connectivity index (χ2v) is 7.06. The third-order valence-corrected chi connectivity index (χ3v) is 5.10. The van der Waals surface area contributed by atoms with E-state index in [1.807, 2.05) is 13.0 Å². The average Bonchev–Trinajstić information content (AvgIpc) is 3.01. The molecule has 2 amide bonds. The molecule has 1 atom stereocenters. The molecule has 0 aromatic heterocycles. The van der Waals surface area contributed by atoms with Crippen molar-refractivity contribution in [2.45, 2.75) is 39.2 Å². The number of allylic oxidation sites excluding steroid dienone is 2. The van der Waals surface area contributed by atoms with Crippen LogP contribution in [0.5, 0.6) is 0 Å². The van der Waals surface area contributed by atoms with Gasteiger partial charge in [0, 0.05) is 43.0 Å². The summed E-state index contributed by atoms with van der Waals surface area (Å²) >= 11 is 0. The number of rotatable bonds is 5. The first-order valence-corrected chi connectivity index (χ1v) is 9.46. The first kappa shape index (κ1) is 19.7. The number of urea groups is 1. The van der Waals surface area contributed by atoms with Crippen molar-refractivity contribution in [2.75, 3.05) is 6.54 Å². The Morgan fingerprint density at radius 3 is 2.79 bits per heavy atom. The molecular formula is C21H23N3O4. The number of ketones is 3. The number of carbonyl (C=O) groups excluding carboxylic acids is 4. The molecule has 2 aliphatic carbocycles. The highest BCUT2D eigenvalue weighted by atomic mass is 16.2. The Balaban J connectivity index is 1.75. The van der Waals surface area contributed by atoms with Gasteiger partial charge in [0.25, 0.3) is 0 Å². The topological polar surface area (TPSA) is 116 Å². The fourth-order valence-corrected chi connectivity index (χ4v) is 3.54. The Bertz CT molecular complexity index is 901. The van der Waals surface area contributed by atoms with Crippen molar-refractivity contribution in [1.82, 2.24) is 10.6 Å². The molecule has 0 spiro atoms. The zero-order chi connectivity index (χ0) is 20.3. The summed E-state index contributed by atoms with van der Waals surface area (Å²) in [5.74, 6) is -1.68. The molecule has 0 radical (unpaired) electrons. The monoisotopic (exact) mass is 381 g/mol. The predicted octanol–water partition coefficient (Wildman–Crippen LogP) is 2.13. The van der Waals surface area contributed by atoms with Crippen LogP contribution >= 0.6 is 0 Å². The van der Waals surface area contributed by atoms with E-state index in [1.54, 1.807) is 18.2 Å². The average molecular weight is 381 g/mol. The van der Waals surface area contributed by atoms with Crippen LogP contribution in [0.25, 0.3) is 0 Å². The van der Waals surface area contributed by atoms with Crippen molar-refractivity contribution >= 4 is 29.1 Å². The molecule has 1 aromatic carbocycles. The fraction of sp³-hybridized carbons (Fsp3) is 0.381. The molecule has 0 aliphatic heterocycles. The lowest BCUT2D eigenvalue weighted by Crippen LogP contribution is -2.35. The van der Waals surface area contributed by atoms with Crippen molar-refractivity contribution in [1.29, 1.82) is 5.41 Å². The van der Waals surface area contributed by atoms with Crippen LogP contribution in [0.1, 0.15) is 47.7 Å². The van der Waals surface area contributed by atoms with Gasteiger partial charge in [0.1, 0.15) is 5.71 Å². The Kier molecular flexibility index (Phi) is 5.82. The summed E-state index contributed by atoms with van der Waals surface area (Å²) in [5.41, 5.74) is 2.33. The molecule has 7 heteroatoms. The van der Waals surface area contributed by atoms with E-state index in [0.29, 0.717) is 37.1 Å². The molecule has 0 heterocycles. The lowest BCUT2D eigenvalue weighted by atomic mass is 9.84. The van der Waals surface area contributed by atoms with Gasteiger partial charge in [-0.1, -0.05) is 31.2 Å². The van der Waals surface area contributed by atoms with Crippen LogP contribution in [-0.2, 0) is 22.6 Å². The summed E-state index contributed by atoms with van der Waals surface area (Å²) in [6.45, 7) is 2.87. The van der Waals surface area contributed by atoms with Gasteiger partial charge in [0.15, 0.2) is 17.3 Å². The number of nitrogens with one attached hydrogen (secondary N) is 3. The molecule has 1 unspecified atom stereocenters. The molecule has 1 aromatic rings. The molecule has 1 fully saturated rings. The van der Waals surface area contributed by atoms with Crippen LogP contribution in [0, 0.1) is 11.3 Å². The van der Waals surface area contributed by atoms with Gasteiger partial charge < -0.3 is 10.6 Å². The normalized spacial score (nSPS) is 20.5. The summed E-state index contributed by atoms with van der Waals surface area (Å²) in [4.78, 5) is 48.2. The number of hydrogen-bond donors (Lipinski definition) is 3. The minimum atomic E-state index is -0.597. The van der Waals surface area contributed by atoms with Crippen molar-refractivity contribution < 1.29 is 19.2 Å². The molecule has 3 rings (SSSR count). The van der Waals surface area contributed by atoms with Gasteiger partial charge in [-0.25, -0.2) is 4.79 Å². The standard InChI is InChI=1S/C21H23N3O4/c1-2-8-23-21(28)24-11-13-4-3-5-15-16(13)10-14(19(15)26)9-12-6-7-17(25)18(22)20(12)27/h3-5,9,12,22H,2,6-8,10-11H2,1H3,(H2,23,24,28). The van der Waals surface area contributed by atoms with Crippen LogP contribution in [0.3, 0.4) is 0 Å². The summed E-state index contributed by atoms with van der Waals surface area (Å²) in [7, 11) is 0. The SMILES string of the molecule is CCCNC(=O)NCc1cccc2c1CC(=CC1CCC(=O)C(=N)C1=O)C2=O. The number of carbonyl (C=O) groups is 4. The van der Waals surface area contributed by atoms with Gasteiger partial charge in [-0.05, 0) is 24.0 Å². The van der Waals surface area contributed by atoms with Crippen molar-refractivity contribution in [3.8, 4) is 0 Å². The van der Waals surface area contributed by atoms with Crippen molar-refractivity contribution in [2.24, 2.45) is 5.92 Å². The number of fused-ring (bicyclic) bond motifs is 1. The first-order chi connectivity index (χ1) is 13.4. The van der Waals surface area contributed by atoms with E-state index in [0.717, 1.165) is 17.5 Å². The summed E-state index contributed by atoms with van der Waals surface area (Å²) in [6, 6.07) is 5.14. The van der Waals surface area contributed by atoms with Crippen LogP contribution in [0.2, 0.25) is 0 Å². The fourth-order valence-electron chi connectivity index (χ4n) is 3.54. The maximum atomic E-state index is 12.8. The van der Waals surface area contributed by atoms with Crippen LogP contribution in [-0.4, -0.2) is 35.6 Å². The van der Waals surface area contributed by atoms with Gasteiger partial charge in [0.2, 0.25) is 0 Å². The molecule has 28 heavy (non-hydrogen) atoms. The Morgan fingerprint density at radius 1 is 1.25 bits per heavy atom. The smallest absolute Gasteiger partial charge is 0.315 e. The zero-order valence-corrected chi connectivity index (χ0v) is 15.8. The molecule has 1 saturated carbocycles. The highest BCUT2D eigenvalue weighted by Gasteiger charge is 2.34. The summed E-state index contributed by atoms with van der Waals surface area (Å²) in [5, 5.41) is 13.1. The van der Waals surface area contributed by atoms with Crippen LogP contribution in [0.15, 0.2) is 29.8 Å². The van der Waals surface area contributed by atoms with E-state index in [2.05, 4.69) is 10.6 Å². The first-order valence-electron chi connectivity index (χ1n) is 9.46. The molecule has 7 nitrogen and oxygen atoms in total. The predicted molar refractivity (Wildman–Crippen MR) is 104 cm³/mol. The minimum absolute atomic E-state index is 0.136. The molecular weight excluding hydrogens is 358 g/mol.